The Morgan fingerprint density at radius 2 is 1.89 bits per heavy atom. The van der Waals surface area contributed by atoms with Crippen LogP contribution in [0.5, 0.6) is 0 Å². The Kier molecular flexibility index (Phi) is 7.64. The van der Waals surface area contributed by atoms with Crippen molar-refractivity contribution in [1.82, 2.24) is 15.5 Å². The molecule has 0 bridgehead atoms. The third-order valence-electron chi connectivity index (χ3n) is 1.73. The first-order chi connectivity index (χ1) is 8.31. The van der Waals surface area contributed by atoms with Crippen LogP contribution in [0.15, 0.2) is 0 Å². The summed E-state index contributed by atoms with van der Waals surface area (Å²) in [6.07, 6.45) is 0. The summed E-state index contributed by atoms with van der Waals surface area (Å²) in [5, 5.41) is 12.9. The van der Waals surface area contributed by atoms with Gasteiger partial charge in [-0.25, -0.2) is 9.59 Å². The monoisotopic (exact) mass is 261 g/mol. The van der Waals surface area contributed by atoms with Gasteiger partial charge in [-0.15, -0.1) is 0 Å². The van der Waals surface area contributed by atoms with E-state index in [1.54, 1.807) is 6.92 Å². The maximum absolute atomic E-state index is 11.3. The number of nitrogens with one attached hydrogen (secondary N) is 2. The lowest BCUT2D eigenvalue weighted by molar-refractivity contribution is -0.143. The number of carbonyl (C=O) groups excluding carboxylic acids is 2. The van der Waals surface area contributed by atoms with Crippen LogP contribution in [-0.2, 0) is 14.3 Å². The number of nitrogens with zero attached hydrogens (tertiary/aromatic N) is 1. The van der Waals surface area contributed by atoms with E-state index in [9.17, 15) is 14.4 Å². The summed E-state index contributed by atoms with van der Waals surface area (Å²) in [5.74, 6) is -1.86. The molecular weight excluding hydrogens is 242 g/mol. The Bertz CT molecular complexity index is 306. The van der Waals surface area contributed by atoms with Gasteiger partial charge in [0.25, 0.3) is 5.91 Å². The van der Waals surface area contributed by atoms with Crippen molar-refractivity contribution in [2.24, 2.45) is 0 Å². The summed E-state index contributed by atoms with van der Waals surface area (Å²) < 4.78 is 4.53. The standard InChI is InChI=1S/C10H19N3O5/c1-7(4-13(2)3)11-10(17)12-8(14)5-18-6-9(15)16/h7H,4-6H2,1-3H3,(H,15,16)(H2,11,12,14,17). The van der Waals surface area contributed by atoms with Crippen LogP contribution < -0.4 is 10.6 Å². The third kappa shape index (κ3) is 9.55. The van der Waals surface area contributed by atoms with E-state index in [0.29, 0.717) is 6.54 Å². The molecule has 0 saturated carbocycles. The smallest absolute Gasteiger partial charge is 0.329 e. The molecule has 0 saturated heterocycles. The quantitative estimate of drug-likeness (QED) is 0.535. The van der Waals surface area contributed by atoms with E-state index in [-0.39, 0.29) is 6.04 Å². The molecule has 104 valence electrons. The number of carboxylic acid groups (broad SMARTS) is 1. The van der Waals surface area contributed by atoms with E-state index in [4.69, 9.17) is 5.11 Å². The molecule has 0 aromatic carbocycles. The Balaban J connectivity index is 3.80. The molecule has 0 aliphatic carbocycles. The van der Waals surface area contributed by atoms with E-state index in [1.807, 2.05) is 24.3 Å². The Morgan fingerprint density at radius 1 is 1.28 bits per heavy atom. The molecular formula is C10H19N3O5. The van der Waals surface area contributed by atoms with Crippen LogP contribution in [0.4, 0.5) is 4.79 Å². The second kappa shape index (κ2) is 8.43. The molecule has 0 fully saturated rings. The summed E-state index contributed by atoms with van der Waals surface area (Å²) in [7, 11) is 3.72. The molecule has 0 aromatic rings. The van der Waals surface area contributed by atoms with Crippen LogP contribution in [0.2, 0.25) is 0 Å². The van der Waals surface area contributed by atoms with Crippen LogP contribution in [-0.4, -0.2) is 67.8 Å². The fourth-order valence-corrected chi connectivity index (χ4v) is 1.25. The largest absolute Gasteiger partial charge is 0.480 e. The number of rotatable bonds is 7. The number of urea groups is 1. The average molecular weight is 261 g/mol. The highest BCUT2D eigenvalue weighted by atomic mass is 16.5. The van der Waals surface area contributed by atoms with Crippen LogP contribution in [0.25, 0.3) is 0 Å². The van der Waals surface area contributed by atoms with Gasteiger partial charge in [0.1, 0.15) is 13.2 Å². The van der Waals surface area contributed by atoms with Gasteiger partial charge in [-0.3, -0.25) is 10.1 Å². The molecule has 0 aromatic heterocycles. The molecule has 8 nitrogen and oxygen atoms in total. The minimum atomic E-state index is -1.17. The maximum atomic E-state index is 11.3. The van der Waals surface area contributed by atoms with Gasteiger partial charge in [0.15, 0.2) is 0 Å². The van der Waals surface area contributed by atoms with Gasteiger partial charge in [0, 0.05) is 12.6 Å². The van der Waals surface area contributed by atoms with Gasteiger partial charge < -0.3 is 20.1 Å². The lowest BCUT2D eigenvalue weighted by Crippen LogP contribution is -2.47. The molecule has 0 radical (unpaired) electrons. The molecule has 1 atom stereocenters. The number of hydrogen-bond acceptors (Lipinski definition) is 5. The van der Waals surface area contributed by atoms with Crippen molar-refractivity contribution >= 4 is 17.9 Å². The molecule has 0 spiro atoms. The SMILES string of the molecule is CC(CN(C)C)NC(=O)NC(=O)COCC(=O)O. The highest BCUT2D eigenvalue weighted by molar-refractivity contribution is 5.95. The number of amides is 3. The lowest BCUT2D eigenvalue weighted by Gasteiger charge is -2.18. The second-order valence-electron chi connectivity index (χ2n) is 4.07. The summed E-state index contributed by atoms with van der Waals surface area (Å²) in [4.78, 5) is 34.4. The first-order valence-corrected chi connectivity index (χ1v) is 5.36. The van der Waals surface area contributed by atoms with Gasteiger partial charge in [-0.1, -0.05) is 0 Å². The molecule has 3 N–H and O–H groups in total. The van der Waals surface area contributed by atoms with E-state index < -0.39 is 31.1 Å². The second-order valence-corrected chi connectivity index (χ2v) is 4.07. The maximum Gasteiger partial charge on any atom is 0.329 e. The summed E-state index contributed by atoms with van der Waals surface area (Å²) in [5.41, 5.74) is 0. The van der Waals surface area contributed by atoms with Crippen molar-refractivity contribution in [3.63, 3.8) is 0 Å². The van der Waals surface area contributed by atoms with Crippen LogP contribution in [0, 0.1) is 0 Å². The molecule has 0 rings (SSSR count). The number of ether oxygens (including phenoxy) is 1. The summed E-state index contributed by atoms with van der Waals surface area (Å²) in [6, 6.07) is -0.749. The van der Waals surface area contributed by atoms with Gasteiger partial charge in [0.05, 0.1) is 0 Å². The van der Waals surface area contributed by atoms with Gasteiger partial charge in [0.2, 0.25) is 0 Å². The summed E-state index contributed by atoms with van der Waals surface area (Å²) >= 11 is 0. The average Bonchev–Trinajstić information content (AvgIpc) is 2.14. The number of aliphatic carboxylic acids is 1. The molecule has 18 heavy (non-hydrogen) atoms. The predicted octanol–water partition coefficient (Wildman–Crippen LogP) is -1.14. The Hall–Kier alpha value is -1.67. The molecule has 0 aliphatic rings. The van der Waals surface area contributed by atoms with Crippen molar-refractivity contribution in [2.75, 3.05) is 33.9 Å². The molecule has 3 amide bonds. The van der Waals surface area contributed by atoms with Gasteiger partial charge in [-0.2, -0.15) is 0 Å². The fraction of sp³-hybridized carbons (Fsp3) is 0.700. The highest BCUT2D eigenvalue weighted by Gasteiger charge is 2.11. The Labute approximate surface area is 105 Å². The first kappa shape index (κ1) is 16.3. The minimum absolute atomic E-state index is 0.118. The molecule has 0 aliphatic heterocycles. The van der Waals surface area contributed by atoms with Crippen LogP contribution in [0.3, 0.4) is 0 Å². The van der Waals surface area contributed by atoms with Crippen molar-refractivity contribution in [2.45, 2.75) is 13.0 Å². The first-order valence-electron chi connectivity index (χ1n) is 5.36. The fourth-order valence-electron chi connectivity index (χ4n) is 1.25. The molecule has 8 heteroatoms. The Morgan fingerprint density at radius 3 is 2.39 bits per heavy atom. The number of imide groups is 1. The zero-order chi connectivity index (χ0) is 14.1. The minimum Gasteiger partial charge on any atom is -0.480 e. The number of likely N-dealkylation sites (N-methyl/N-ethyl adjacent to an activating group) is 1. The topological polar surface area (TPSA) is 108 Å². The van der Waals surface area contributed by atoms with Crippen LogP contribution >= 0.6 is 0 Å². The number of carbonyl (C=O) groups is 3. The zero-order valence-corrected chi connectivity index (χ0v) is 10.7. The molecule has 1 unspecified atom stereocenters. The number of carboxylic acids is 1. The van der Waals surface area contributed by atoms with Gasteiger partial charge in [-0.05, 0) is 21.0 Å². The predicted molar refractivity (Wildman–Crippen MR) is 63.1 cm³/mol. The lowest BCUT2D eigenvalue weighted by atomic mass is 10.3. The van der Waals surface area contributed by atoms with E-state index in [1.165, 1.54) is 0 Å². The highest BCUT2D eigenvalue weighted by Crippen LogP contribution is 1.85. The van der Waals surface area contributed by atoms with Crippen molar-refractivity contribution in [1.29, 1.82) is 0 Å². The van der Waals surface area contributed by atoms with Crippen LogP contribution in [0.1, 0.15) is 6.92 Å². The zero-order valence-electron chi connectivity index (χ0n) is 10.7. The van der Waals surface area contributed by atoms with Crippen molar-refractivity contribution < 1.29 is 24.2 Å². The van der Waals surface area contributed by atoms with E-state index in [2.05, 4.69) is 10.1 Å². The summed E-state index contributed by atoms with van der Waals surface area (Å²) in [6.45, 7) is 1.38. The third-order valence-corrected chi connectivity index (χ3v) is 1.73. The van der Waals surface area contributed by atoms with Gasteiger partial charge >= 0.3 is 12.0 Å². The van der Waals surface area contributed by atoms with Crippen molar-refractivity contribution in [3.05, 3.63) is 0 Å². The molecule has 0 heterocycles. The van der Waals surface area contributed by atoms with E-state index in [0.717, 1.165) is 0 Å². The van der Waals surface area contributed by atoms with Crippen molar-refractivity contribution in [3.8, 4) is 0 Å². The number of hydrogen-bond donors (Lipinski definition) is 3. The van der Waals surface area contributed by atoms with E-state index >= 15 is 0 Å². The normalized spacial score (nSPS) is 12.0.